The molecular weight excluding hydrogens is 306 g/mol. The van der Waals surface area contributed by atoms with Crippen molar-refractivity contribution in [2.75, 3.05) is 0 Å². The minimum atomic E-state index is -0.794. The second kappa shape index (κ2) is 6.87. The van der Waals surface area contributed by atoms with Gasteiger partial charge in [-0.15, -0.1) is 0 Å². The van der Waals surface area contributed by atoms with E-state index in [1.807, 2.05) is 30.5 Å². The van der Waals surface area contributed by atoms with Crippen LogP contribution in [0.4, 0.5) is 0 Å². The van der Waals surface area contributed by atoms with Gasteiger partial charge >= 0.3 is 0 Å². The van der Waals surface area contributed by atoms with Crippen LogP contribution in [0.25, 0.3) is 17.0 Å². The lowest BCUT2D eigenvalue weighted by Gasteiger charge is -2.13. The predicted octanol–water partition coefficient (Wildman–Crippen LogP) is 1.99. The summed E-state index contributed by atoms with van der Waals surface area (Å²) in [5.74, 6) is -0.438. The highest BCUT2D eigenvalue weighted by Crippen LogP contribution is 2.19. The molecule has 0 spiro atoms. The summed E-state index contributed by atoms with van der Waals surface area (Å²) < 4.78 is 5.11. The average molecular weight is 323 g/mol. The van der Waals surface area contributed by atoms with E-state index in [1.54, 1.807) is 12.1 Å². The van der Waals surface area contributed by atoms with Gasteiger partial charge in [-0.25, -0.2) is 0 Å². The molecule has 0 bridgehead atoms. The number of para-hydroxylation sites is 1. The first-order valence-corrected chi connectivity index (χ1v) is 7.50. The molecule has 6 heteroatoms. The minimum Gasteiger partial charge on any atom is -0.465 e. The highest BCUT2D eigenvalue weighted by atomic mass is 16.3. The summed E-state index contributed by atoms with van der Waals surface area (Å²) in [7, 11) is 0. The number of H-pyrrole nitrogens is 1. The largest absolute Gasteiger partial charge is 0.465 e. The number of aromatic amines is 1. The third-order valence-corrected chi connectivity index (χ3v) is 3.70. The van der Waals surface area contributed by atoms with Crippen LogP contribution in [0.5, 0.6) is 0 Å². The fraction of sp³-hybridized carbons (Fsp3) is 0.111. The Labute approximate surface area is 138 Å². The van der Waals surface area contributed by atoms with Gasteiger partial charge in [-0.05, 0) is 29.8 Å². The summed E-state index contributed by atoms with van der Waals surface area (Å²) in [5, 5.41) is 3.63. The van der Waals surface area contributed by atoms with E-state index in [0.29, 0.717) is 12.2 Å². The first-order chi connectivity index (χ1) is 11.6. The summed E-state index contributed by atoms with van der Waals surface area (Å²) in [6.45, 7) is 0. The Morgan fingerprint density at radius 3 is 2.83 bits per heavy atom. The molecular formula is C18H17N3O3. The third kappa shape index (κ3) is 3.55. The molecule has 3 aromatic rings. The Bertz CT molecular complexity index is 878. The van der Waals surface area contributed by atoms with Crippen molar-refractivity contribution in [2.24, 2.45) is 5.73 Å². The first kappa shape index (κ1) is 15.6. The molecule has 0 unspecified atom stereocenters. The summed E-state index contributed by atoms with van der Waals surface area (Å²) in [6, 6.07) is 10.4. The fourth-order valence-electron chi connectivity index (χ4n) is 2.51. The number of benzene rings is 1. The molecule has 2 heterocycles. The number of fused-ring (bicyclic) bond motifs is 1. The molecule has 122 valence electrons. The maximum atomic E-state index is 12.0. The number of amides is 2. The van der Waals surface area contributed by atoms with Crippen LogP contribution in [0.15, 0.2) is 59.4 Å². The average Bonchev–Trinajstić information content (AvgIpc) is 3.22. The lowest BCUT2D eigenvalue weighted by molar-refractivity contribution is -0.124. The number of hydrogen-bond acceptors (Lipinski definition) is 3. The van der Waals surface area contributed by atoms with Gasteiger partial charge < -0.3 is 20.5 Å². The summed E-state index contributed by atoms with van der Waals surface area (Å²) in [6.07, 6.45) is 6.50. The Kier molecular flexibility index (Phi) is 4.47. The zero-order chi connectivity index (χ0) is 16.9. The van der Waals surface area contributed by atoms with E-state index in [1.165, 1.54) is 18.4 Å². The van der Waals surface area contributed by atoms with Gasteiger partial charge in [0.1, 0.15) is 11.8 Å². The van der Waals surface area contributed by atoms with Crippen LogP contribution in [0, 0.1) is 0 Å². The molecule has 1 atom stereocenters. The van der Waals surface area contributed by atoms with Gasteiger partial charge in [0.25, 0.3) is 0 Å². The highest BCUT2D eigenvalue weighted by Gasteiger charge is 2.19. The van der Waals surface area contributed by atoms with E-state index in [9.17, 15) is 9.59 Å². The molecule has 0 saturated heterocycles. The summed E-state index contributed by atoms with van der Waals surface area (Å²) >= 11 is 0. The molecule has 0 radical (unpaired) electrons. The van der Waals surface area contributed by atoms with E-state index in [-0.39, 0.29) is 0 Å². The number of nitrogens with two attached hydrogens (primary N) is 1. The van der Waals surface area contributed by atoms with Gasteiger partial charge in [0.2, 0.25) is 11.8 Å². The van der Waals surface area contributed by atoms with Gasteiger partial charge in [-0.1, -0.05) is 18.2 Å². The van der Waals surface area contributed by atoms with Crippen LogP contribution >= 0.6 is 0 Å². The fourth-order valence-corrected chi connectivity index (χ4v) is 2.51. The van der Waals surface area contributed by atoms with Crippen molar-refractivity contribution in [3.63, 3.8) is 0 Å². The van der Waals surface area contributed by atoms with Crippen molar-refractivity contribution in [1.82, 2.24) is 10.3 Å². The predicted molar refractivity (Wildman–Crippen MR) is 90.9 cm³/mol. The van der Waals surface area contributed by atoms with E-state index < -0.39 is 17.9 Å². The molecule has 24 heavy (non-hydrogen) atoms. The Morgan fingerprint density at radius 2 is 2.08 bits per heavy atom. The summed E-state index contributed by atoms with van der Waals surface area (Å²) in [5.41, 5.74) is 7.32. The number of aromatic nitrogens is 1. The molecule has 0 aliphatic rings. The second-order valence-corrected chi connectivity index (χ2v) is 5.38. The van der Waals surface area contributed by atoms with Crippen molar-refractivity contribution in [3.05, 3.63) is 66.3 Å². The standard InChI is InChI=1S/C18H17N3O3/c19-18(23)16(21-17(22)8-7-13-4-3-9-24-13)10-12-11-20-15-6-2-1-5-14(12)15/h1-9,11,16,20H,10H2,(H2,19,23)(H,21,22)/t16-/m0/s1. The van der Waals surface area contributed by atoms with Crippen molar-refractivity contribution < 1.29 is 14.0 Å². The normalized spacial score (nSPS) is 12.5. The summed E-state index contributed by atoms with van der Waals surface area (Å²) in [4.78, 5) is 26.8. The van der Waals surface area contributed by atoms with Crippen LogP contribution < -0.4 is 11.1 Å². The highest BCUT2D eigenvalue weighted by molar-refractivity contribution is 5.95. The van der Waals surface area contributed by atoms with Gasteiger partial charge in [0, 0.05) is 29.6 Å². The zero-order valence-electron chi connectivity index (χ0n) is 12.9. The number of nitrogens with one attached hydrogen (secondary N) is 2. The molecule has 6 nitrogen and oxygen atoms in total. The Hall–Kier alpha value is -3.28. The number of carbonyl (C=O) groups excluding carboxylic acids is 2. The molecule has 0 aliphatic heterocycles. The van der Waals surface area contributed by atoms with E-state index in [4.69, 9.17) is 10.2 Å². The van der Waals surface area contributed by atoms with Crippen molar-refractivity contribution in [1.29, 1.82) is 0 Å². The molecule has 1 aromatic carbocycles. The quantitative estimate of drug-likeness (QED) is 0.605. The number of rotatable bonds is 6. The van der Waals surface area contributed by atoms with E-state index in [0.717, 1.165) is 16.5 Å². The molecule has 2 aromatic heterocycles. The third-order valence-electron chi connectivity index (χ3n) is 3.70. The second-order valence-electron chi connectivity index (χ2n) is 5.38. The number of primary amides is 1. The van der Waals surface area contributed by atoms with Gasteiger partial charge in [0.15, 0.2) is 0 Å². The number of furan rings is 1. The maximum absolute atomic E-state index is 12.0. The molecule has 4 N–H and O–H groups in total. The maximum Gasteiger partial charge on any atom is 0.244 e. The number of hydrogen-bond donors (Lipinski definition) is 3. The van der Waals surface area contributed by atoms with Gasteiger partial charge in [0.05, 0.1) is 6.26 Å². The molecule has 0 aliphatic carbocycles. The first-order valence-electron chi connectivity index (χ1n) is 7.50. The topological polar surface area (TPSA) is 101 Å². The van der Waals surface area contributed by atoms with Crippen molar-refractivity contribution in [2.45, 2.75) is 12.5 Å². The van der Waals surface area contributed by atoms with Gasteiger partial charge in [-0.3, -0.25) is 9.59 Å². The van der Waals surface area contributed by atoms with Crippen LogP contribution in [-0.4, -0.2) is 22.8 Å². The van der Waals surface area contributed by atoms with Crippen LogP contribution in [0.1, 0.15) is 11.3 Å². The monoisotopic (exact) mass is 323 g/mol. The van der Waals surface area contributed by atoms with Crippen molar-refractivity contribution >= 4 is 28.8 Å². The van der Waals surface area contributed by atoms with Crippen molar-refractivity contribution in [3.8, 4) is 0 Å². The van der Waals surface area contributed by atoms with Crippen LogP contribution in [-0.2, 0) is 16.0 Å². The molecule has 0 saturated carbocycles. The molecule has 0 fully saturated rings. The van der Waals surface area contributed by atoms with E-state index >= 15 is 0 Å². The van der Waals surface area contributed by atoms with E-state index in [2.05, 4.69) is 10.3 Å². The number of carbonyl (C=O) groups is 2. The minimum absolute atomic E-state index is 0.319. The lowest BCUT2D eigenvalue weighted by atomic mass is 10.0. The molecule has 3 rings (SSSR count). The smallest absolute Gasteiger partial charge is 0.244 e. The Morgan fingerprint density at radius 1 is 1.25 bits per heavy atom. The zero-order valence-corrected chi connectivity index (χ0v) is 12.9. The lowest BCUT2D eigenvalue weighted by Crippen LogP contribution is -2.45. The SMILES string of the molecule is NC(=O)[C@H](Cc1c[nH]c2ccccc12)NC(=O)C=Cc1ccco1. The van der Waals surface area contributed by atoms with Crippen LogP contribution in [0.3, 0.4) is 0 Å². The Balaban J connectivity index is 1.71. The molecule has 2 amide bonds. The van der Waals surface area contributed by atoms with Crippen LogP contribution in [0.2, 0.25) is 0 Å². The van der Waals surface area contributed by atoms with Gasteiger partial charge in [-0.2, -0.15) is 0 Å².